The van der Waals surface area contributed by atoms with Gasteiger partial charge in [0.15, 0.2) is 18.2 Å². The maximum absolute atomic E-state index is 4.65. The lowest BCUT2D eigenvalue weighted by molar-refractivity contribution is -0.689. The number of nitrogens with zero attached hydrogens (tertiary/aromatic N) is 3. The number of hydrogen-bond donors (Lipinski definition) is 0. The largest absolute Gasteiger partial charge is 1.00 e. The molecule has 0 saturated carbocycles. The molecule has 2 aromatic heterocycles. The Hall–Kier alpha value is -1.87. The monoisotopic (exact) mass is 259 g/mol. The Labute approximate surface area is 112 Å². The first kappa shape index (κ1) is 12.6. The molecular weight excluding hydrogens is 246 g/mol. The fourth-order valence-corrected chi connectivity index (χ4v) is 2.04. The van der Waals surface area contributed by atoms with Crippen molar-refractivity contribution in [2.24, 2.45) is 7.05 Å². The van der Waals surface area contributed by atoms with Crippen molar-refractivity contribution in [2.75, 3.05) is 0 Å². The molecule has 0 radical (unpaired) electrons. The minimum absolute atomic E-state index is 0. The number of para-hydroxylation sites is 2. The quantitative estimate of drug-likeness (QED) is 0.537. The summed E-state index contributed by atoms with van der Waals surface area (Å²) >= 11 is 0. The molecule has 3 rings (SSSR count). The van der Waals surface area contributed by atoms with Gasteiger partial charge in [-0.3, -0.25) is 0 Å². The van der Waals surface area contributed by atoms with Crippen LogP contribution in [0.3, 0.4) is 0 Å². The van der Waals surface area contributed by atoms with Crippen LogP contribution in [-0.4, -0.2) is 9.55 Å². The summed E-state index contributed by atoms with van der Waals surface area (Å²) in [4.78, 5) is 4.65. The Morgan fingerprint density at radius 1 is 1.06 bits per heavy atom. The van der Waals surface area contributed by atoms with Crippen molar-refractivity contribution in [2.45, 2.75) is 6.54 Å². The fraction of sp³-hybridized carbons (Fsp3) is 0.143. The highest BCUT2D eigenvalue weighted by molar-refractivity contribution is 5.75. The van der Waals surface area contributed by atoms with E-state index >= 15 is 0 Å². The van der Waals surface area contributed by atoms with Gasteiger partial charge < -0.3 is 17.0 Å². The van der Waals surface area contributed by atoms with Gasteiger partial charge in [0.05, 0.1) is 11.0 Å². The summed E-state index contributed by atoms with van der Waals surface area (Å²) in [7, 11) is 2.06. The maximum Gasteiger partial charge on any atom is 0.206 e. The number of aromatic nitrogens is 3. The van der Waals surface area contributed by atoms with Gasteiger partial charge in [-0.2, -0.15) is 4.57 Å². The van der Waals surface area contributed by atoms with Crippen molar-refractivity contribution in [3.8, 4) is 0 Å². The number of imidazole rings is 1. The van der Waals surface area contributed by atoms with E-state index in [4.69, 9.17) is 0 Å². The van der Waals surface area contributed by atoms with E-state index in [1.807, 2.05) is 30.3 Å². The van der Waals surface area contributed by atoms with E-state index in [2.05, 4.69) is 45.7 Å². The van der Waals surface area contributed by atoms with E-state index in [1.165, 1.54) is 5.52 Å². The van der Waals surface area contributed by atoms with Crippen LogP contribution in [-0.2, 0) is 13.6 Å². The van der Waals surface area contributed by atoms with Crippen LogP contribution in [0, 0.1) is 0 Å². The molecule has 0 bridgehead atoms. The number of benzene rings is 1. The zero-order chi connectivity index (χ0) is 11.7. The van der Waals surface area contributed by atoms with Crippen LogP contribution in [0.4, 0.5) is 0 Å². The second kappa shape index (κ2) is 5.19. The van der Waals surface area contributed by atoms with Gasteiger partial charge in [-0.05, 0) is 12.1 Å². The molecule has 92 valence electrons. The molecule has 0 aliphatic carbocycles. The number of pyridine rings is 1. The Bertz CT molecular complexity index is 646. The molecule has 2 heterocycles. The van der Waals surface area contributed by atoms with Gasteiger partial charge in [-0.1, -0.05) is 18.2 Å². The van der Waals surface area contributed by atoms with Gasteiger partial charge >= 0.3 is 0 Å². The number of aryl methyl sites for hydroxylation is 1. The van der Waals surface area contributed by atoms with E-state index in [0.717, 1.165) is 17.9 Å². The first-order valence-electron chi connectivity index (χ1n) is 5.69. The van der Waals surface area contributed by atoms with Crippen LogP contribution < -0.4 is 17.0 Å². The Morgan fingerprint density at radius 3 is 2.50 bits per heavy atom. The lowest BCUT2D eigenvalue weighted by Gasteiger charge is -1.98. The zero-order valence-electron chi connectivity index (χ0n) is 10.1. The smallest absolute Gasteiger partial charge is 0.206 e. The highest BCUT2D eigenvalue weighted by Crippen LogP contribution is 2.13. The summed E-state index contributed by atoms with van der Waals surface area (Å²) in [5, 5.41) is 0. The van der Waals surface area contributed by atoms with Crippen molar-refractivity contribution >= 4 is 11.0 Å². The number of halogens is 1. The molecule has 3 aromatic rings. The lowest BCUT2D eigenvalue weighted by atomic mass is 10.3. The van der Waals surface area contributed by atoms with Crippen molar-refractivity contribution < 1.29 is 17.0 Å². The van der Waals surface area contributed by atoms with Crippen molar-refractivity contribution in [1.82, 2.24) is 9.55 Å². The molecular formula is C14H14ClN3. The molecule has 0 atom stereocenters. The van der Waals surface area contributed by atoms with Crippen LogP contribution in [0.15, 0.2) is 54.9 Å². The van der Waals surface area contributed by atoms with E-state index in [9.17, 15) is 0 Å². The second-order valence-electron chi connectivity index (χ2n) is 4.12. The summed E-state index contributed by atoms with van der Waals surface area (Å²) in [6.07, 6.45) is 4.11. The fourth-order valence-electron chi connectivity index (χ4n) is 2.04. The van der Waals surface area contributed by atoms with Gasteiger partial charge in [0.25, 0.3) is 0 Å². The second-order valence-corrected chi connectivity index (χ2v) is 4.12. The van der Waals surface area contributed by atoms with Gasteiger partial charge in [-0.15, -0.1) is 0 Å². The summed E-state index contributed by atoms with van der Waals surface area (Å²) in [6, 6.07) is 14.3. The standard InChI is InChI=1S/C14H14N3.ClH/c1-16-13-8-4-3-7-12(13)15-14(16)11-17-9-5-2-6-10-17;/h2-10H,11H2,1H3;1H/q+1;/p-1. The van der Waals surface area contributed by atoms with E-state index in [0.29, 0.717) is 0 Å². The maximum atomic E-state index is 4.65. The summed E-state index contributed by atoms with van der Waals surface area (Å²) in [5.74, 6) is 1.07. The molecule has 0 N–H and O–H groups in total. The van der Waals surface area contributed by atoms with E-state index in [1.54, 1.807) is 0 Å². The normalized spacial score (nSPS) is 10.3. The molecule has 0 fully saturated rings. The molecule has 0 unspecified atom stereocenters. The third-order valence-corrected chi connectivity index (χ3v) is 2.98. The Kier molecular flexibility index (Phi) is 3.63. The van der Waals surface area contributed by atoms with Crippen molar-refractivity contribution in [1.29, 1.82) is 0 Å². The minimum Gasteiger partial charge on any atom is -1.00 e. The molecule has 1 aromatic carbocycles. The van der Waals surface area contributed by atoms with Gasteiger partial charge in [-0.25, -0.2) is 4.98 Å². The number of fused-ring (bicyclic) bond motifs is 1. The average Bonchev–Trinajstić information content (AvgIpc) is 2.68. The molecule has 0 saturated heterocycles. The van der Waals surface area contributed by atoms with E-state index in [-0.39, 0.29) is 12.4 Å². The van der Waals surface area contributed by atoms with Crippen molar-refractivity contribution in [3.63, 3.8) is 0 Å². The number of rotatable bonds is 2. The van der Waals surface area contributed by atoms with Crippen LogP contribution in [0.2, 0.25) is 0 Å². The highest BCUT2D eigenvalue weighted by atomic mass is 35.5. The van der Waals surface area contributed by atoms with Crippen molar-refractivity contribution in [3.05, 3.63) is 60.7 Å². The molecule has 0 amide bonds. The van der Waals surface area contributed by atoms with Crippen LogP contribution in [0.1, 0.15) is 5.82 Å². The molecule has 0 aliphatic rings. The predicted octanol–water partition coefficient (Wildman–Crippen LogP) is -1.09. The topological polar surface area (TPSA) is 21.7 Å². The molecule has 0 aliphatic heterocycles. The molecule has 3 nitrogen and oxygen atoms in total. The van der Waals surface area contributed by atoms with Crippen LogP contribution in [0.25, 0.3) is 11.0 Å². The van der Waals surface area contributed by atoms with Gasteiger partial charge in [0.1, 0.15) is 0 Å². The Morgan fingerprint density at radius 2 is 1.78 bits per heavy atom. The first-order chi connectivity index (χ1) is 8.34. The molecule has 18 heavy (non-hydrogen) atoms. The Balaban J connectivity index is 0.00000120. The van der Waals surface area contributed by atoms with Crippen LogP contribution in [0.5, 0.6) is 0 Å². The van der Waals surface area contributed by atoms with E-state index < -0.39 is 0 Å². The zero-order valence-corrected chi connectivity index (χ0v) is 10.9. The average molecular weight is 260 g/mol. The molecule has 4 heteroatoms. The summed E-state index contributed by atoms with van der Waals surface area (Å²) in [6.45, 7) is 0.798. The lowest BCUT2D eigenvalue weighted by Crippen LogP contribution is -3.00. The minimum atomic E-state index is 0. The SMILES string of the molecule is Cn1c(C[n+]2ccccc2)nc2ccccc21.[Cl-]. The third-order valence-electron chi connectivity index (χ3n) is 2.98. The van der Waals surface area contributed by atoms with Gasteiger partial charge in [0, 0.05) is 19.2 Å². The molecule has 0 spiro atoms. The van der Waals surface area contributed by atoms with Gasteiger partial charge in [0.2, 0.25) is 6.54 Å². The third kappa shape index (κ3) is 2.22. The number of hydrogen-bond acceptors (Lipinski definition) is 1. The first-order valence-corrected chi connectivity index (χ1v) is 5.69. The predicted molar refractivity (Wildman–Crippen MR) is 66.5 cm³/mol. The summed E-state index contributed by atoms with van der Waals surface area (Å²) < 4.78 is 4.27. The summed E-state index contributed by atoms with van der Waals surface area (Å²) in [5.41, 5.74) is 2.24. The highest BCUT2D eigenvalue weighted by Gasteiger charge is 2.10. The van der Waals surface area contributed by atoms with Crippen LogP contribution >= 0.6 is 0 Å².